The molecular weight excluding hydrogens is 146 g/mol. The summed E-state index contributed by atoms with van der Waals surface area (Å²) in [6, 6.07) is -0.440. The van der Waals surface area contributed by atoms with E-state index in [1.54, 1.807) is 26.0 Å². The number of likely N-dealkylation sites (N-methyl/N-ethyl adjacent to an activating group) is 1. The highest BCUT2D eigenvalue weighted by Crippen LogP contribution is 1.93. The van der Waals surface area contributed by atoms with Crippen LogP contribution in [0.5, 0.6) is 0 Å². The summed E-state index contributed by atoms with van der Waals surface area (Å²) in [4.78, 5) is 12.1. The number of carboxylic acid groups (broad SMARTS) is 1. The minimum atomic E-state index is -0.802. The average Bonchev–Trinajstić information content (AvgIpc) is 1.98. The first-order chi connectivity index (χ1) is 5.09. The third-order valence-corrected chi connectivity index (χ3v) is 1.67. The average molecular weight is 161 g/mol. The maximum absolute atomic E-state index is 10.4. The molecule has 4 heteroatoms. The third kappa shape index (κ3) is 3.95. The lowest BCUT2D eigenvalue weighted by Gasteiger charge is -2.19. The lowest BCUT2D eigenvalue weighted by Crippen LogP contribution is -2.37. The van der Waals surface area contributed by atoms with Gasteiger partial charge in [0, 0.05) is 13.7 Å². The molecule has 0 aromatic carbocycles. The SMILES string of the molecule is COCCN(C)C(C)C(=O)O. The number of carboxylic acids is 1. The second kappa shape index (κ2) is 5.09. The van der Waals surface area contributed by atoms with Gasteiger partial charge in [-0.15, -0.1) is 0 Å². The summed E-state index contributed by atoms with van der Waals surface area (Å²) >= 11 is 0. The fourth-order valence-corrected chi connectivity index (χ4v) is 0.617. The number of carbonyl (C=O) groups is 1. The molecule has 0 aliphatic heterocycles. The summed E-state index contributed by atoms with van der Waals surface area (Å²) in [6.07, 6.45) is 0. The summed E-state index contributed by atoms with van der Waals surface area (Å²) in [5, 5.41) is 8.57. The molecular formula is C7H15NO3. The Morgan fingerprint density at radius 1 is 1.73 bits per heavy atom. The lowest BCUT2D eigenvalue weighted by molar-refractivity contribution is -0.142. The molecule has 1 atom stereocenters. The largest absolute Gasteiger partial charge is 0.480 e. The molecule has 0 bridgehead atoms. The smallest absolute Gasteiger partial charge is 0.320 e. The van der Waals surface area contributed by atoms with Crippen LogP contribution >= 0.6 is 0 Å². The Balaban J connectivity index is 3.63. The number of hydrogen-bond donors (Lipinski definition) is 1. The van der Waals surface area contributed by atoms with Crippen LogP contribution in [-0.4, -0.2) is 49.3 Å². The number of hydrogen-bond acceptors (Lipinski definition) is 3. The normalized spacial score (nSPS) is 13.5. The molecule has 4 nitrogen and oxygen atoms in total. The van der Waals surface area contributed by atoms with Crippen LogP contribution in [0.1, 0.15) is 6.92 Å². The summed E-state index contributed by atoms with van der Waals surface area (Å²) in [6.45, 7) is 2.86. The monoisotopic (exact) mass is 161 g/mol. The van der Waals surface area contributed by atoms with E-state index in [2.05, 4.69) is 0 Å². The predicted octanol–water partition coefficient (Wildman–Crippen LogP) is 0.0377. The van der Waals surface area contributed by atoms with Gasteiger partial charge in [0.2, 0.25) is 0 Å². The van der Waals surface area contributed by atoms with Gasteiger partial charge in [-0.3, -0.25) is 9.69 Å². The van der Waals surface area contributed by atoms with Crippen LogP contribution in [-0.2, 0) is 9.53 Å². The molecule has 1 N–H and O–H groups in total. The Hall–Kier alpha value is -0.610. The topological polar surface area (TPSA) is 49.8 Å². The van der Waals surface area contributed by atoms with Crippen molar-refractivity contribution in [1.29, 1.82) is 0 Å². The maximum Gasteiger partial charge on any atom is 0.320 e. The van der Waals surface area contributed by atoms with Crippen LogP contribution in [0.3, 0.4) is 0 Å². The first-order valence-corrected chi connectivity index (χ1v) is 3.51. The predicted molar refractivity (Wildman–Crippen MR) is 41.6 cm³/mol. The first kappa shape index (κ1) is 10.4. The van der Waals surface area contributed by atoms with Gasteiger partial charge < -0.3 is 9.84 Å². The summed E-state index contributed by atoms with van der Waals surface area (Å²) in [5.74, 6) is -0.802. The fraction of sp³-hybridized carbons (Fsp3) is 0.857. The molecule has 0 fully saturated rings. The molecule has 0 aliphatic rings. The molecule has 0 spiro atoms. The zero-order valence-corrected chi connectivity index (χ0v) is 7.20. The molecule has 0 saturated carbocycles. The highest BCUT2D eigenvalue weighted by Gasteiger charge is 2.15. The minimum Gasteiger partial charge on any atom is -0.480 e. The van der Waals surface area contributed by atoms with E-state index < -0.39 is 12.0 Å². The van der Waals surface area contributed by atoms with Gasteiger partial charge in [0.1, 0.15) is 6.04 Å². The van der Waals surface area contributed by atoms with Crippen LogP contribution in [0.15, 0.2) is 0 Å². The highest BCUT2D eigenvalue weighted by molar-refractivity contribution is 5.72. The Morgan fingerprint density at radius 2 is 2.27 bits per heavy atom. The maximum atomic E-state index is 10.4. The fourth-order valence-electron chi connectivity index (χ4n) is 0.617. The van der Waals surface area contributed by atoms with Gasteiger partial charge in [-0.1, -0.05) is 0 Å². The van der Waals surface area contributed by atoms with E-state index in [4.69, 9.17) is 9.84 Å². The molecule has 0 aromatic heterocycles. The molecule has 11 heavy (non-hydrogen) atoms. The van der Waals surface area contributed by atoms with Crippen molar-refractivity contribution in [2.75, 3.05) is 27.3 Å². The first-order valence-electron chi connectivity index (χ1n) is 3.51. The van der Waals surface area contributed by atoms with Crippen molar-refractivity contribution in [2.24, 2.45) is 0 Å². The Labute approximate surface area is 66.8 Å². The number of nitrogens with zero attached hydrogens (tertiary/aromatic N) is 1. The minimum absolute atomic E-state index is 0.440. The summed E-state index contributed by atoms with van der Waals surface area (Å²) in [5.41, 5.74) is 0. The van der Waals surface area contributed by atoms with Gasteiger partial charge in [-0.25, -0.2) is 0 Å². The van der Waals surface area contributed by atoms with E-state index in [0.29, 0.717) is 13.2 Å². The second-order valence-corrected chi connectivity index (χ2v) is 2.49. The molecule has 0 aromatic rings. The quantitative estimate of drug-likeness (QED) is 0.618. The zero-order valence-electron chi connectivity index (χ0n) is 7.20. The highest BCUT2D eigenvalue weighted by atomic mass is 16.5. The van der Waals surface area contributed by atoms with Crippen molar-refractivity contribution in [3.05, 3.63) is 0 Å². The molecule has 0 heterocycles. The number of ether oxygens (including phenoxy) is 1. The van der Waals surface area contributed by atoms with Crippen LogP contribution in [0.2, 0.25) is 0 Å². The van der Waals surface area contributed by atoms with Gasteiger partial charge >= 0.3 is 5.97 Å². The number of rotatable bonds is 5. The van der Waals surface area contributed by atoms with Gasteiger partial charge in [0.05, 0.1) is 6.61 Å². The van der Waals surface area contributed by atoms with Crippen LogP contribution in [0, 0.1) is 0 Å². The molecule has 0 saturated heterocycles. The Kier molecular flexibility index (Phi) is 4.81. The van der Waals surface area contributed by atoms with Crippen molar-refractivity contribution in [3.8, 4) is 0 Å². The molecule has 1 unspecified atom stereocenters. The van der Waals surface area contributed by atoms with Crippen molar-refractivity contribution in [1.82, 2.24) is 4.90 Å². The molecule has 0 amide bonds. The Morgan fingerprint density at radius 3 is 2.64 bits per heavy atom. The molecule has 66 valence electrons. The van der Waals surface area contributed by atoms with E-state index >= 15 is 0 Å². The van der Waals surface area contributed by atoms with Crippen LogP contribution in [0.4, 0.5) is 0 Å². The zero-order chi connectivity index (χ0) is 8.85. The van der Waals surface area contributed by atoms with Crippen LogP contribution in [0.25, 0.3) is 0 Å². The van der Waals surface area contributed by atoms with Gasteiger partial charge in [0.25, 0.3) is 0 Å². The third-order valence-electron chi connectivity index (χ3n) is 1.67. The van der Waals surface area contributed by atoms with E-state index in [1.165, 1.54) is 0 Å². The standard InChI is InChI=1S/C7H15NO3/c1-6(7(9)10)8(2)4-5-11-3/h6H,4-5H2,1-3H3,(H,9,10). The second-order valence-electron chi connectivity index (χ2n) is 2.49. The number of methoxy groups -OCH3 is 1. The van der Waals surface area contributed by atoms with Crippen LogP contribution < -0.4 is 0 Å². The van der Waals surface area contributed by atoms with Crippen molar-refractivity contribution < 1.29 is 14.6 Å². The number of aliphatic carboxylic acids is 1. The summed E-state index contributed by atoms with van der Waals surface area (Å²) in [7, 11) is 3.36. The van der Waals surface area contributed by atoms with E-state index in [1.807, 2.05) is 0 Å². The van der Waals surface area contributed by atoms with Crippen molar-refractivity contribution in [3.63, 3.8) is 0 Å². The molecule has 0 rings (SSSR count). The summed E-state index contributed by atoms with van der Waals surface area (Å²) < 4.78 is 4.81. The van der Waals surface area contributed by atoms with E-state index in [0.717, 1.165) is 0 Å². The van der Waals surface area contributed by atoms with Gasteiger partial charge in [-0.05, 0) is 14.0 Å². The Bertz CT molecular complexity index is 127. The van der Waals surface area contributed by atoms with Gasteiger partial charge in [-0.2, -0.15) is 0 Å². The lowest BCUT2D eigenvalue weighted by atomic mass is 10.3. The van der Waals surface area contributed by atoms with Gasteiger partial charge in [0.15, 0.2) is 0 Å². The van der Waals surface area contributed by atoms with E-state index in [9.17, 15) is 4.79 Å². The van der Waals surface area contributed by atoms with Crippen molar-refractivity contribution >= 4 is 5.97 Å². The molecule has 0 radical (unpaired) electrons. The van der Waals surface area contributed by atoms with Crippen molar-refractivity contribution in [2.45, 2.75) is 13.0 Å². The van der Waals surface area contributed by atoms with E-state index in [-0.39, 0.29) is 0 Å². The molecule has 0 aliphatic carbocycles.